The number of rotatable bonds is 2. The molecule has 0 saturated carbocycles. The van der Waals surface area contributed by atoms with Crippen molar-refractivity contribution in [3.8, 4) is 0 Å². The summed E-state index contributed by atoms with van der Waals surface area (Å²) < 4.78 is 0. The Bertz CT molecular complexity index is 186. The van der Waals surface area contributed by atoms with E-state index < -0.39 is 0 Å². The Balaban J connectivity index is 2.49. The number of amides is 2. The first-order valence-electron chi connectivity index (χ1n) is 3.21. The van der Waals surface area contributed by atoms with E-state index in [0.717, 1.165) is 0 Å². The summed E-state index contributed by atoms with van der Waals surface area (Å²) in [6, 6.07) is 0. The van der Waals surface area contributed by atoms with E-state index in [1.54, 1.807) is 0 Å². The third-order valence-corrected chi connectivity index (χ3v) is 1.35. The smallest absolute Gasteiger partial charge is 0.240 e. The van der Waals surface area contributed by atoms with Crippen LogP contribution < -0.4 is 5.32 Å². The van der Waals surface area contributed by atoms with Crippen LogP contribution in [0.2, 0.25) is 0 Å². The molecule has 0 radical (unpaired) electrons. The molecule has 0 aliphatic carbocycles. The van der Waals surface area contributed by atoms with E-state index in [-0.39, 0.29) is 31.4 Å². The van der Waals surface area contributed by atoms with E-state index in [1.165, 1.54) is 4.90 Å². The third kappa shape index (κ3) is 2.12. The van der Waals surface area contributed by atoms with Gasteiger partial charge in [-0.15, -0.1) is 0 Å². The molecule has 1 rings (SSSR count). The molecule has 60 valence electrons. The Morgan fingerprint density at radius 3 is 2.36 bits per heavy atom. The highest BCUT2D eigenvalue weighted by Crippen LogP contribution is 1.91. The Morgan fingerprint density at radius 2 is 1.91 bits per heavy atom. The van der Waals surface area contributed by atoms with Gasteiger partial charge in [0.05, 0.1) is 19.6 Å². The topological polar surface area (TPSA) is 66.5 Å². The largest absolute Gasteiger partial charge is 0.302 e. The van der Waals surface area contributed by atoms with E-state index >= 15 is 0 Å². The van der Waals surface area contributed by atoms with Gasteiger partial charge in [-0.25, -0.2) is 0 Å². The van der Waals surface area contributed by atoms with Crippen LogP contribution in [0.5, 0.6) is 0 Å². The Morgan fingerprint density at radius 1 is 1.36 bits per heavy atom. The molecule has 0 spiro atoms. The number of carbonyl (C=O) groups excluding carboxylic acids is 3. The van der Waals surface area contributed by atoms with Gasteiger partial charge in [0.1, 0.15) is 6.29 Å². The quantitative estimate of drug-likeness (QED) is 0.376. The number of piperazine rings is 1. The number of carbonyl (C=O) groups is 3. The SMILES string of the molecule is O=CCN1CC(=O)NC(=O)C1. The van der Waals surface area contributed by atoms with E-state index in [4.69, 9.17) is 0 Å². The van der Waals surface area contributed by atoms with Crippen molar-refractivity contribution in [1.29, 1.82) is 0 Å². The van der Waals surface area contributed by atoms with Crippen molar-refractivity contribution in [2.24, 2.45) is 0 Å². The van der Waals surface area contributed by atoms with Crippen LogP contribution in [-0.4, -0.2) is 42.6 Å². The minimum Gasteiger partial charge on any atom is -0.302 e. The van der Waals surface area contributed by atoms with E-state index in [1.807, 2.05) is 0 Å². The normalized spacial score (nSPS) is 19.6. The van der Waals surface area contributed by atoms with E-state index in [2.05, 4.69) is 5.32 Å². The predicted molar refractivity (Wildman–Crippen MR) is 35.7 cm³/mol. The Kier molecular flexibility index (Phi) is 2.32. The highest BCUT2D eigenvalue weighted by atomic mass is 16.2. The maximum atomic E-state index is 10.7. The third-order valence-electron chi connectivity index (χ3n) is 1.35. The number of nitrogens with zero attached hydrogens (tertiary/aromatic N) is 1. The summed E-state index contributed by atoms with van der Waals surface area (Å²) in [7, 11) is 0. The second kappa shape index (κ2) is 3.25. The molecule has 5 heteroatoms. The maximum Gasteiger partial charge on any atom is 0.240 e. The van der Waals surface area contributed by atoms with Crippen molar-refractivity contribution >= 4 is 18.1 Å². The lowest BCUT2D eigenvalue weighted by Gasteiger charge is -2.22. The molecule has 2 amide bonds. The molecule has 1 N–H and O–H groups in total. The fourth-order valence-corrected chi connectivity index (χ4v) is 0.931. The van der Waals surface area contributed by atoms with Crippen LogP contribution in [0.4, 0.5) is 0 Å². The van der Waals surface area contributed by atoms with Crippen LogP contribution in [0.25, 0.3) is 0 Å². The van der Waals surface area contributed by atoms with Crippen molar-refractivity contribution in [3.63, 3.8) is 0 Å². The second-order valence-electron chi connectivity index (χ2n) is 2.31. The van der Waals surface area contributed by atoms with Gasteiger partial charge in [-0.2, -0.15) is 0 Å². The standard InChI is InChI=1S/C6H8N2O3/c9-2-1-8-3-5(10)7-6(11)4-8/h2H,1,3-4H2,(H,7,10,11). The number of hydrogen-bond acceptors (Lipinski definition) is 4. The summed E-state index contributed by atoms with van der Waals surface area (Å²) in [5, 5.41) is 2.13. The van der Waals surface area contributed by atoms with Crippen LogP contribution in [-0.2, 0) is 14.4 Å². The molecule has 0 aromatic rings. The van der Waals surface area contributed by atoms with Crippen molar-refractivity contribution in [2.45, 2.75) is 0 Å². The van der Waals surface area contributed by atoms with Gasteiger partial charge in [0, 0.05) is 0 Å². The fraction of sp³-hybridized carbons (Fsp3) is 0.500. The summed E-state index contributed by atoms with van der Waals surface area (Å²) in [5.41, 5.74) is 0. The molecule has 1 heterocycles. The van der Waals surface area contributed by atoms with E-state index in [9.17, 15) is 14.4 Å². The first kappa shape index (κ1) is 7.87. The van der Waals surface area contributed by atoms with Crippen LogP contribution in [0.3, 0.4) is 0 Å². The van der Waals surface area contributed by atoms with Gasteiger partial charge in [0.2, 0.25) is 11.8 Å². The molecule has 0 aromatic heterocycles. The van der Waals surface area contributed by atoms with Crippen LogP contribution in [0, 0.1) is 0 Å². The highest BCUT2D eigenvalue weighted by Gasteiger charge is 2.21. The maximum absolute atomic E-state index is 10.7. The van der Waals surface area contributed by atoms with Gasteiger partial charge in [0.25, 0.3) is 0 Å². The molecule has 0 atom stereocenters. The lowest BCUT2D eigenvalue weighted by Crippen LogP contribution is -2.51. The molecule has 1 aliphatic heterocycles. The average Bonchev–Trinajstić information content (AvgIpc) is 1.85. The van der Waals surface area contributed by atoms with Gasteiger partial charge < -0.3 is 4.79 Å². The zero-order valence-corrected chi connectivity index (χ0v) is 5.87. The lowest BCUT2D eigenvalue weighted by molar-refractivity contribution is -0.136. The first-order valence-corrected chi connectivity index (χ1v) is 3.21. The molecule has 0 aromatic carbocycles. The summed E-state index contributed by atoms with van der Waals surface area (Å²) in [6.45, 7) is 0.397. The lowest BCUT2D eigenvalue weighted by atomic mass is 10.3. The average molecular weight is 156 g/mol. The second-order valence-corrected chi connectivity index (χ2v) is 2.31. The van der Waals surface area contributed by atoms with Crippen molar-refractivity contribution in [2.75, 3.05) is 19.6 Å². The molecular formula is C6H8N2O3. The molecule has 1 fully saturated rings. The molecule has 5 nitrogen and oxygen atoms in total. The number of imide groups is 1. The molecular weight excluding hydrogens is 148 g/mol. The fourth-order valence-electron chi connectivity index (χ4n) is 0.931. The summed E-state index contributed by atoms with van der Waals surface area (Å²) in [6.07, 6.45) is 0.673. The first-order chi connectivity index (χ1) is 5.22. The predicted octanol–water partition coefficient (Wildman–Crippen LogP) is -1.86. The zero-order valence-electron chi connectivity index (χ0n) is 5.87. The highest BCUT2D eigenvalue weighted by molar-refractivity contribution is 5.99. The number of nitrogens with one attached hydrogen (secondary N) is 1. The molecule has 0 bridgehead atoms. The Hall–Kier alpha value is -1.23. The monoisotopic (exact) mass is 156 g/mol. The molecule has 1 saturated heterocycles. The Labute approximate surface area is 63.4 Å². The van der Waals surface area contributed by atoms with Gasteiger partial charge in [-0.05, 0) is 0 Å². The minimum absolute atomic E-state index is 0.129. The summed E-state index contributed by atoms with van der Waals surface area (Å²) >= 11 is 0. The molecule has 11 heavy (non-hydrogen) atoms. The summed E-state index contributed by atoms with van der Waals surface area (Å²) in [4.78, 5) is 32.8. The molecule has 1 aliphatic rings. The minimum atomic E-state index is -0.344. The van der Waals surface area contributed by atoms with Crippen molar-refractivity contribution in [3.05, 3.63) is 0 Å². The van der Waals surface area contributed by atoms with Crippen LogP contribution >= 0.6 is 0 Å². The van der Waals surface area contributed by atoms with Gasteiger partial charge in [-0.1, -0.05) is 0 Å². The molecule has 0 unspecified atom stereocenters. The summed E-state index contributed by atoms with van der Waals surface area (Å²) in [5.74, 6) is -0.689. The van der Waals surface area contributed by atoms with Gasteiger partial charge in [-0.3, -0.25) is 19.8 Å². The zero-order chi connectivity index (χ0) is 8.27. The van der Waals surface area contributed by atoms with Gasteiger partial charge >= 0.3 is 0 Å². The van der Waals surface area contributed by atoms with Gasteiger partial charge in [0.15, 0.2) is 0 Å². The van der Waals surface area contributed by atoms with Crippen molar-refractivity contribution in [1.82, 2.24) is 10.2 Å². The van der Waals surface area contributed by atoms with Crippen LogP contribution in [0.15, 0.2) is 0 Å². The van der Waals surface area contributed by atoms with Crippen molar-refractivity contribution < 1.29 is 14.4 Å². The van der Waals surface area contributed by atoms with E-state index in [0.29, 0.717) is 6.29 Å². The number of hydrogen-bond donors (Lipinski definition) is 1. The van der Waals surface area contributed by atoms with Crippen LogP contribution in [0.1, 0.15) is 0 Å². The number of aldehydes is 1.